The fourth-order valence-electron chi connectivity index (χ4n) is 2.19. The van der Waals surface area contributed by atoms with E-state index in [2.05, 4.69) is 5.32 Å². The highest BCUT2D eigenvalue weighted by Crippen LogP contribution is 2.14. The van der Waals surface area contributed by atoms with E-state index in [1.165, 1.54) is 0 Å². The van der Waals surface area contributed by atoms with Gasteiger partial charge in [-0.15, -0.1) is 0 Å². The molecule has 0 bridgehead atoms. The fraction of sp³-hybridized carbons (Fsp3) is 0.429. The second-order valence-corrected chi connectivity index (χ2v) is 4.89. The molecule has 1 aliphatic rings. The molecule has 0 saturated carbocycles. The second kappa shape index (κ2) is 6.49. The summed E-state index contributed by atoms with van der Waals surface area (Å²) in [4.78, 5) is 23.0. The molecular formula is C14H18N2O4. The number of nitrogens with two attached hydrogens (primary N) is 1. The topological polar surface area (TPSA) is 102 Å². The van der Waals surface area contributed by atoms with Crippen molar-refractivity contribution in [3.8, 4) is 0 Å². The Hall–Kier alpha value is -1.92. The van der Waals surface area contributed by atoms with Crippen LogP contribution in [0.1, 0.15) is 5.56 Å². The number of ether oxygens (including phenoxy) is 1. The molecular weight excluding hydrogens is 260 g/mol. The number of carbonyl (C=O) groups excluding carboxylic acids is 1. The van der Waals surface area contributed by atoms with Crippen LogP contribution in [0.4, 0.5) is 0 Å². The van der Waals surface area contributed by atoms with Crippen LogP contribution in [0.3, 0.4) is 0 Å². The molecule has 1 fully saturated rings. The third-order valence-electron chi connectivity index (χ3n) is 3.36. The highest BCUT2D eigenvalue weighted by Gasteiger charge is 2.35. The van der Waals surface area contributed by atoms with Gasteiger partial charge in [-0.1, -0.05) is 30.3 Å². The lowest BCUT2D eigenvalue weighted by Gasteiger charge is -2.18. The molecule has 1 aromatic rings. The Morgan fingerprint density at radius 1 is 1.35 bits per heavy atom. The van der Waals surface area contributed by atoms with E-state index < -0.39 is 24.0 Å². The third kappa shape index (κ3) is 3.55. The molecule has 0 radical (unpaired) electrons. The lowest BCUT2D eigenvalue weighted by Crippen LogP contribution is -2.50. The minimum atomic E-state index is -0.968. The summed E-state index contributed by atoms with van der Waals surface area (Å²) in [7, 11) is 0. The van der Waals surface area contributed by atoms with Gasteiger partial charge in [-0.25, -0.2) is 0 Å². The maximum absolute atomic E-state index is 12.0. The van der Waals surface area contributed by atoms with Crippen molar-refractivity contribution in [3.63, 3.8) is 0 Å². The van der Waals surface area contributed by atoms with E-state index in [9.17, 15) is 9.59 Å². The van der Waals surface area contributed by atoms with Crippen molar-refractivity contribution >= 4 is 11.9 Å². The average molecular weight is 278 g/mol. The van der Waals surface area contributed by atoms with E-state index in [1.807, 2.05) is 30.3 Å². The molecule has 2 unspecified atom stereocenters. The first-order valence-corrected chi connectivity index (χ1v) is 6.48. The predicted octanol–water partition coefficient (Wildman–Crippen LogP) is -0.228. The first-order valence-electron chi connectivity index (χ1n) is 6.48. The number of nitrogens with one attached hydrogen (secondary N) is 1. The molecule has 6 heteroatoms. The predicted molar refractivity (Wildman–Crippen MR) is 72.0 cm³/mol. The maximum Gasteiger partial charge on any atom is 0.311 e. The molecule has 1 aliphatic heterocycles. The van der Waals surface area contributed by atoms with Gasteiger partial charge in [0.05, 0.1) is 25.3 Å². The van der Waals surface area contributed by atoms with Crippen molar-refractivity contribution in [2.75, 3.05) is 13.2 Å². The lowest BCUT2D eigenvalue weighted by atomic mass is 10.0. The molecule has 108 valence electrons. The van der Waals surface area contributed by atoms with Gasteiger partial charge >= 0.3 is 5.97 Å². The molecule has 3 atom stereocenters. The summed E-state index contributed by atoms with van der Waals surface area (Å²) in [6, 6.07) is 8.23. The summed E-state index contributed by atoms with van der Waals surface area (Å²) < 4.78 is 5.09. The third-order valence-corrected chi connectivity index (χ3v) is 3.36. The molecule has 6 nitrogen and oxygen atoms in total. The van der Waals surface area contributed by atoms with Crippen molar-refractivity contribution < 1.29 is 19.4 Å². The van der Waals surface area contributed by atoms with Gasteiger partial charge in [0, 0.05) is 0 Å². The van der Waals surface area contributed by atoms with Crippen molar-refractivity contribution in [1.82, 2.24) is 5.32 Å². The summed E-state index contributed by atoms with van der Waals surface area (Å²) in [6.45, 7) is 0.328. The van der Waals surface area contributed by atoms with Gasteiger partial charge in [-0.2, -0.15) is 0 Å². The highest BCUT2D eigenvalue weighted by molar-refractivity contribution is 5.83. The van der Waals surface area contributed by atoms with Crippen LogP contribution in [0.2, 0.25) is 0 Å². The molecule has 1 amide bonds. The fourth-order valence-corrected chi connectivity index (χ4v) is 2.19. The Bertz CT molecular complexity index is 477. The summed E-state index contributed by atoms with van der Waals surface area (Å²) >= 11 is 0. The molecule has 1 saturated heterocycles. The number of rotatable bonds is 5. The molecule has 20 heavy (non-hydrogen) atoms. The smallest absolute Gasteiger partial charge is 0.311 e. The number of carboxylic acid groups (broad SMARTS) is 1. The Kier molecular flexibility index (Phi) is 4.70. The Morgan fingerprint density at radius 3 is 2.70 bits per heavy atom. The first-order chi connectivity index (χ1) is 9.58. The van der Waals surface area contributed by atoms with Gasteiger partial charge in [0.2, 0.25) is 5.91 Å². The zero-order valence-corrected chi connectivity index (χ0v) is 11.0. The average Bonchev–Trinajstić information content (AvgIpc) is 2.88. The van der Waals surface area contributed by atoms with Crippen LogP contribution in [0.15, 0.2) is 30.3 Å². The molecule has 0 spiro atoms. The highest BCUT2D eigenvalue weighted by atomic mass is 16.5. The van der Waals surface area contributed by atoms with E-state index in [0.29, 0.717) is 6.42 Å². The monoisotopic (exact) mass is 278 g/mol. The van der Waals surface area contributed by atoms with Crippen LogP contribution in [-0.2, 0) is 20.7 Å². The van der Waals surface area contributed by atoms with E-state index >= 15 is 0 Å². The Morgan fingerprint density at radius 2 is 2.05 bits per heavy atom. The van der Waals surface area contributed by atoms with E-state index in [1.54, 1.807) is 0 Å². The van der Waals surface area contributed by atoms with E-state index in [-0.39, 0.29) is 19.1 Å². The van der Waals surface area contributed by atoms with Crippen molar-refractivity contribution in [2.45, 2.75) is 18.5 Å². The van der Waals surface area contributed by atoms with Gasteiger partial charge in [-0.3, -0.25) is 9.59 Å². The standard InChI is InChI=1S/C14H18N2O4/c15-11(6-9-4-2-1-3-5-9)13(17)16-12-8-20-7-10(12)14(18)19/h1-5,10-12H,6-8,15H2,(H,16,17)(H,18,19)/t10?,11-,12?/m0/s1. The maximum atomic E-state index is 12.0. The molecule has 0 aliphatic carbocycles. The molecule has 2 rings (SSSR count). The minimum Gasteiger partial charge on any atom is -0.481 e. The largest absolute Gasteiger partial charge is 0.481 e. The second-order valence-electron chi connectivity index (χ2n) is 4.89. The van der Waals surface area contributed by atoms with Gasteiger partial charge < -0.3 is 20.9 Å². The number of aliphatic carboxylic acids is 1. The van der Waals surface area contributed by atoms with Crippen molar-refractivity contribution in [3.05, 3.63) is 35.9 Å². The molecule has 1 heterocycles. The number of carboxylic acids is 1. The zero-order chi connectivity index (χ0) is 14.5. The van der Waals surface area contributed by atoms with E-state index in [0.717, 1.165) is 5.56 Å². The van der Waals surface area contributed by atoms with Crippen LogP contribution in [-0.4, -0.2) is 42.3 Å². The van der Waals surface area contributed by atoms with Gasteiger partial charge in [0.25, 0.3) is 0 Å². The molecule has 0 aromatic heterocycles. The van der Waals surface area contributed by atoms with Crippen molar-refractivity contribution in [1.29, 1.82) is 0 Å². The van der Waals surface area contributed by atoms with Crippen molar-refractivity contribution in [2.24, 2.45) is 11.7 Å². The minimum absolute atomic E-state index is 0.119. The first kappa shape index (κ1) is 14.5. The molecule has 4 N–H and O–H groups in total. The summed E-state index contributed by atoms with van der Waals surface area (Å²) in [5.74, 6) is -2.03. The quantitative estimate of drug-likeness (QED) is 0.690. The summed E-state index contributed by atoms with van der Waals surface area (Å²) in [5.41, 5.74) is 6.81. The number of hydrogen-bond acceptors (Lipinski definition) is 4. The van der Waals surface area contributed by atoms with Crippen LogP contribution in [0.25, 0.3) is 0 Å². The number of benzene rings is 1. The number of carbonyl (C=O) groups is 2. The Labute approximate surface area is 116 Å². The van der Waals surface area contributed by atoms with Crippen LogP contribution in [0.5, 0.6) is 0 Å². The summed E-state index contributed by atoms with van der Waals surface area (Å²) in [6.07, 6.45) is 0.415. The van der Waals surface area contributed by atoms with Crippen LogP contribution < -0.4 is 11.1 Å². The normalized spacial score (nSPS) is 23.2. The zero-order valence-electron chi connectivity index (χ0n) is 11.0. The summed E-state index contributed by atoms with van der Waals surface area (Å²) in [5, 5.41) is 11.7. The van der Waals surface area contributed by atoms with Gasteiger partial charge in [-0.05, 0) is 12.0 Å². The number of hydrogen-bond donors (Lipinski definition) is 3. The van der Waals surface area contributed by atoms with Crippen LogP contribution >= 0.6 is 0 Å². The van der Waals surface area contributed by atoms with E-state index in [4.69, 9.17) is 15.6 Å². The molecule has 1 aromatic carbocycles. The Balaban J connectivity index is 1.89. The van der Waals surface area contributed by atoms with Crippen LogP contribution in [0, 0.1) is 5.92 Å². The SMILES string of the molecule is N[C@@H](Cc1ccccc1)C(=O)NC1COCC1C(=O)O. The number of amides is 1. The lowest BCUT2D eigenvalue weighted by molar-refractivity contribution is -0.142. The van der Waals surface area contributed by atoms with Gasteiger partial charge in [0.15, 0.2) is 0 Å². The van der Waals surface area contributed by atoms with Gasteiger partial charge in [0.1, 0.15) is 5.92 Å².